The number of carbonyl (C=O) groups is 5. The van der Waals surface area contributed by atoms with E-state index in [4.69, 9.17) is 9.47 Å². The van der Waals surface area contributed by atoms with Gasteiger partial charge >= 0.3 is 0 Å². The number of ketones is 3. The summed E-state index contributed by atoms with van der Waals surface area (Å²) in [5, 5.41) is 5.41. The van der Waals surface area contributed by atoms with Crippen molar-refractivity contribution in [1.29, 1.82) is 0 Å². The molecular weight excluding hydrogens is 502 g/mol. The van der Waals surface area contributed by atoms with Crippen molar-refractivity contribution in [2.24, 2.45) is 11.8 Å². The maximum absolute atomic E-state index is 13.5. The van der Waals surface area contributed by atoms with Crippen LogP contribution in [0.3, 0.4) is 0 Å². The fraction of sp³-hybridized carbons (Fsp3) is 0.621. The molecule has 10 heteroatoms. The van der Waals surface area contributed by atoms with Crippen molar-refractivity contribution < 1.29 is 33.4 Å². The van der Waals surface area contributed by atoms with E-state index in [-0.39, 0.29) is 55.6 Å². The third-order valence-electron chi connectivity index (χ3n) is 7.26. The standard InChI is InChI=1S/C29H41N3O7/c1-4-26(35)30-17-24(31-28(37)20(2)14-23(33)18-32-10-12-38-13-11-32)25(34)16-22(27(36)29(3)19-39-29)15-21-8-6-5-7-9-21/h5-9,20,22,24H,4,10-19H2,1-3H3,(H,30,35)(H,31,37)/t20-,22-,24+,29-/m1/s1. The highest BCUT2D eigenvalue weighted by Gasteiger charge is 2.50. The van der Waals surface area contributed by atoms with Crippen molar-refractivity contribution in [3.05, 3.63) is 35.9 Å². The first-order chi connectivity index (χ1) is 18.6. The number of carbonyl (C=O) groups excluding carboxylic acids is 5. The molecule has 2 aliphatic rings. The van der Waals surface area contributed by atoms with Crippen LogP contribution in [0.25, 0.3) is 0 Å². The number of ether oxygens (including phenoxy) is 2. The number of morpholine rings is 1. The van der Waals surface area contributed by atoms with Gasteiger partial charge in [0, 0.05) is 50.7 Å². The molecule has 10 nitrogen and oxygen atoms in total. The Labute approximate surface area is 230 Å². The lowest BCUT2D eigenvalue weighted by atomic mass is 9.84. The molecule has 0 spiro atoms. The van der Waals surface area contributed by atoms with E-state index in [1.54, 1.807) is 20.8 Å². The zero-order valence-corrected chi connectivity index (χ0v) is 23.2. The summed E-state index contributed by atoms with van der Waals surface area (Å²) < 4.78 is 10.7. The average molecular weight is 544 g/mol. The molecule has 0 aromatic heterocycles. The van der Waals surface area contributed by atoms with Crippen molar-refractivity contribution >= 4 is 29.2 Å². The third-order valence-corrected chi connectivity index (χ3v) is 7.26. The molecule has 214 valence electrons. The van der Waals surface area contributed by atoms with Gasteiger partial charge in [0.15, 0.2) is 11.6 Å². The molecule has 2 aliphatic heterocycles. The molecule has 2 saturated heterocycles. The average Bonchev–Trinajstić information content (AvgIpc) is 3.69. The van der Waals surface area contributed by atoms with Crippen LogP contribution in [-0.2, 0) is 39.9 Å². The normalized spacial score (nSPS) is 21.3. The molecule has 0 bridgehead atoms. The minimum Gasteiger partial charge on any atom is -0.379 e. The van der Waals surface area contributed by atoms with E-state index >= 15 is 0 Å². The van der Waals surface area contributed by atoms with Crippen LogP contribution >= 0.6 is 0 Å². The number of epoxide rings is 1. The Kier molecular flexibility index (Phi) is 11.3. The molecule has 0 aliphatic carbocycles. The van der Waals surface area contributed by atoms with Gasteiger partial charge in [0.1, 0.15) is 17.4 Å². The molecule has 3 rings (SSSR count). The fourth-order valence-electron chi connectivity index (χ4n) is 4.63. The van der Waals surface area contributed by atoms with E-state index in [2.05, 4.69) is 10.6 Å². The summed E-state index contributed by atoms with van der Waals surface area (Å²) in [5.41, 5.74) is 0.0183. The Hall–Kier alpha value is -2.95. The van der Waals surface area contributed by atoms with E-state index in [9.17, 15) is 24.0 Å². The molecule has 0 saturated carbocycles. The Bertz CT molecular complexity index is 1020. The smallest absolute Gasteiger partial charge is 0.223 e. The van der Waals surface area contributed by atoms with Crippen LogP contribution in [-0.4, -0.2) is 91.7 Å². The summed E-state index contributed by atoms with van der Waals surface area (Å²) in [7, 11) is 0. The lowest BCUT2D eigenvalue weighted by molar-refractivity contribution is -0.134. The number of rotatable bonds is 16. The first kappa shape index (κ1) is 30.6. The van der Waals surface area contributed by atoms with Gasteiger partial charge in [-0.2, -0.15) is 0 Å². The van der Waals surface area contributed by atoms with Crippen LogP contribution in [0.5, 0.6) is 0 Å². The first-order valence-electron chi connectivity index (χ1n) is 13.7. The maximum atomic E-state index is 13.5. The van der Waals surface area contributed by atoms with Crippen molar-refractivity contribution in [2.75, 3.05) is 46.0 Å². The zero-order valence-electron chi connectivity index (χ0n) is 23.2. The van der Waals surface area contributed by atoms with Crippen molar-refractivity contribution in [1.82, 2.24) is 15.5 Å². The predicted octanol–water partition coefficient (Wildman–Crippen LogP) is 1.10. The molecule has 39 heavy (non-hydrogen) atoms. The second-order valence-corrected chi connectivity index (χ2v) is 10.7. The summed E-state index contributed by atoms with van der Waals surface area (Å²) >= 11 is 0. The van der Waals surface area contributed by atoms with Gasteiger partial charge in [-0.15, -0.1) is 0 Å². The summed E-state index contributed by atoms with van der Waals surface area (Å²) in [6.45, 7) is 8.03. The molecule has 1 aromatic rings. The number of Topliss-reactive ketones (excluding diaryl/α,β-unsaturated/α-hetero) is 3. The molecule has 0 radical (unpaired) electrons. The van der Waals surface area contributed by atoms with E-state index in [1.165, 1.54) is 0 Å². The van der Waals surface area contributed by atoms with Crippen LogP contribution in [0.15, 0.2) is 30.3 Å². The van der Waals surface area contributed by atoms with Crippen molar-refractivity contribution in [3.63, 3.8) is 0 Å². The van der Waals surface area contributed by atoms with Gasteiger partial charge in [-0.25, -0.2) is 0 Å². The molecule has 1 aromatic carbocycles. The van der Waals surface area contributed by atoms with Gasteiger partial charge in [-0.05, 0) is 18.9 Å². The van der Waals surface area contributed by atoms with E-state index in [0.29, 0.717) is 39.3 Å². The van der Waals surface area contributed by atoms with Crippen molar-refractivity contribution in [2.45, 2.75) is 58.1 Å². The highest BCUT2D eigenvalue weighted by atomic mass is 16.6. The third kappa shape index (κ3) is 9.63. The van der Waals surface area contributed by atoms with Gasteiger partial charge in [-0.3, -0.25) is 28.9 Å². The van der Waals surface area contributed by atoms with Gasteiger partial charge in [0.25, 0.3) is 0 Å². The second-order valence-electron chi connectivity index (χ2n) is 10.7. The highest BCUT2D eigenvalue weighted by molar-refractivity contribution is 5.97. The Morgan fingerprint density at radius 2 is 1.72 bits per heavy atom. The van der Waals surface area contributed by atoms with Crippen LogP contribution in [0.1, 0.15) is 45.6 Å². The van der Waals surface area contributed by atoms with E-state index in [0.717, 1.165) is 5.56 Å². The van der Waals surface area contributed by atoms with E-state index in [1.807, 2.05) is 35.2 Å². The largest absolute Gasteiger partial charge is 0.379 e. The number of nitrogens with zero attached hydrogens (tertiary/aromatic N) is 1. The molecule has 2 amide bonds. The number of benzene rings is 1. The Balaban J connectivity index is 1.65. The quantitative estimate of drug-likeness (QED) is 0.296. The summed E-state index contributed by atoms with van der Waals surface area (Å²) in [5.74, 6) is -2.57. The Morgan fingerprint density at radius 3 is 2.33 bits per heavy atom. The summed E-state index contributed by atoms with van der Waals surface area (Å²) in [4.78, 5) is 66.3. The van der Waals surface area contributed by atoms with Gasteiger partial charge in [0.05, 0.1) is 26.4 Å². The van der Waals surface area contributed by atoms with Gasteiger partial charge in [-0.1, -0.05) is 44.2 Å². The minimum atomic E-state index is -1.02. The second kappa shape index (κ2) is 14.4. The van der Waals surface area contributed by atoms with Crippen LogP contribution < -0.4 is 10.6 Å². The SMILES string of the molecule is CCC(=O)NC[C@H](NC(=O)[C@H](C)CC(=O)CN1CCOCC1)C(=O)C[C@@H](Cc1ccccc1)C(=O)[C@@]1(C)CO1. The monoisotopic (exact) mass is 543 g/mol. The summed E-state index contributed by atoms with van der Waals surface area (Å²) in [6, 6.07) is 8.40. The van der Waals surface area contributed by atoms with Gasteiger partial charge < -0.3 is 20.1 Å². The number of hydrogen-bond donors (Lipinski definition) is 2. The summed E-state index contributed by atoms with van der Waals surface area (Å²) in [6.07, 6.45) is 0.519. The topological polar surface area (TPSA) is 134 Å². The fourth-order valence-corrected chi connectivity index (χ4v) is 4.63. The molecule has 2 N–H and O–H groups in total. The maximum Gasteiger partial charge on any atom is 0.223 e. The molecule has 4 atom stereocenters. The molecule has 0 unspecified atom stereocenters. The first-order valence-corrected chi connectivity index (χ1v) is 13.7. The van der Waals surface area contributed by atoms with E-state index < -0.39 is 29.4 Å². The van der Waals surface area contributed by atoms with Crippen LogP contribution in [0.4, 0.5) is 0 Å². The number of nitrogens with one attached hydrogen (secondary N) is 2. The van der Waals surface area contributed by atoms with Gasteiger partial charge in [0.2, 0.25) is 11.8 Å². The predicted molar refractivity (Wildman–Crippen MR) is 144 cm³/mol. The van der Waals surface area contributed by atoms with Crippen LogP contribution in [0, 0.1) is 11.8 Å². The number of hydrogen-bond acceptors (Lipinski definition) is 8. The molecule has 2 fully saturated rings. The van der Waals surface area contributed by atoms with Crippen LogP contribution in [0.2, 0.25) is 0 Å². The lowest BCUT2D eigenvalue weighted by Crippen LogP contribution is -2.51. The Morgan fingerprint density at radius 1 is 1.05 bits per heavy atom. The lowest BCUT2D eigenvalue weighted by Gasteiger charge is -2.26. The minimum absolute atomic E-state index is 0.0379. The zero-order chi connectivity index (χ0) is 28.4. The molecular formula is C29H41N3O7. The highest BCUT2D eigenvalue weighted by Crippen LogP contribution is 2.32. The number of amides is 2. The molecule has 2 heterocycles. The van der Waals surface area contributed by atoms with Crippen molar-refractivity contribution in [3.8, 4) is 0 Å².